The summed E-state index contributed by atoms with van der Waals surface area (Å²) in [6.45, 7) is 3.98. The number of pyridine rings is 1. The van der Waals surface area contributed by atoms with Gasteiger partial charge in [-0.15, -0.1) is 11.3 Å². The van der Waals surface area contributed by atoms with Gasteiger partial charge >= 0.3 is 0 Å². The van der Waals surface area contributed by atoms with Gasteiger partial charge in [-0.2, -0.15) is 5.10 Å². The van der Waals surface area contributed by atoms with Crippen molar-refractivity contribution in [2.24, 2.45) is 0 Å². The van der Waals surface area contributed by atoms with Crippen LogP contribution in [0.15, 0.2) is 67.4 Å². The minimum absolute atomic E-state index is 0.0211. The summed E-state index contributed by atoms with van der Waals surface area (Å²) < 4.78 is 1.55. The average Bonchev–Trinajstić information content (AvgIpc) is 3.52. The molecule has 0 unspecified atom stereocenters. The number of benzene rings is 1. The summed E-state index contributed by atoms with van der Waals surface area (Å²) in [5, 5.41) is 4.83. The Morgan fingerprint density at radius 1 is 1.06 bits per heavy atom. The molecule has 0 aliphatic carbocycles. The topological polar surface area (TPSA) is 67.2 Å². The zero-order valence-corrected chi connectivity index (χ0v) is 18.8. The van der Waals surface area contributed by atoms with Crippen LogP contribution in [0.4, 0.5) is 0 Å². The van der Waals surface area contributed by atoms with Crippen molar-refractivity contribution >= 4 is 28.8 Å². The maximum Gasteiger partial charge on any atom is 0.254 e. The van der Waals surface area contributed by atoms with Crippen LogP contribution < -0.4 is 0 Å². The summed E-state index contributed by atoms with van der Waals surface area (Å²) in [5.74, 6) is 0.605. The maximum atomic E-state index is 13.0. The third-order valence-corrected chi connectivity index (χ3v) is 6.81. The smallest absolute Gasteiger partial charge is 0.254 e. The predicted molar refractivity (Wildman–Crippen MR) is 125 cm³/mol. The van der Waals surface area contributed by atoms with Gasteiger partial charge in [0.05, 0.1) is 0 Å². The first kappa shape index (κ1) is 20.8. The van der Waals surface area contributed by atoms with Crippen molar-refractivity contribution in [1.29, 1.82) is 0 Å². The quantitative estimate of drug-likeness (QED) is 0.446. The molecule has 0 saturated carbocycles. The Bertz CT molecular complexity index is 1220. The number of hydrogen-bond donors (Lipinski definition) is 0. The normalized spacial score (nSPS) is 14.6. The first-order chi connectivity index (χ1) is 15.7. The fourth-order valence-corrected chi connectivity index (χ4v) is 5.01. The van der Waals surface area contributed by atoms with Crippen molar-refractivity contribution in [3.8, 4) is 16.3 Å². The molecule has 0 N–H and O–H groups in total. The summed E-state index contributed by atoms with van der Waals surface area (Å²) >= 11 is 7.92. The van der Waals surface area contributed by atoms with Crippen molar-refractivity contribution in [3.63, 3.8) is 0 Å². The van der Waals surface area contributed by atoms with Gasteiger partial charge in [0.25, 0.3) is 5.91 Å². The summed E-state index contributed by atoms with van der Waals surface area (Å²) in [5.41, 5.74) is 1.76. The van der Waals surface area contributed by atoms with E-state index in [0.717, 1.165) is 30.2 Å². The molecular weight excluding hydrogens is 444 g/mol. The van der Waals surface area contributed by atoms with E-state index in [1.807, 2.05) is 23.1 Å². The Morgan fingerprint density at radius 2 is 1.94 bits per heavy atom. The summed E-state index contributed by atoms with van der Waals surface area (Å²) in [6, 6.07) is 15.8. The van der Waals surface area contributed by atoms with Crippen LogP contribution in [0.5, 0.6) is 0 Å². The number of rotatable bonds is 5. The van der Waals surface area contributed by atoms with Gasteiger partial charge in [-0.1, -0.05) is 23.7 Å². The Hall–Kier alpha value is -3.07. The second-order valence-electron chi connectivity index (χ2n) is 7.59. The lowest BCUT2D eigenvalue weighted by atomic mass is 10.2. The van der Waals surface area contributed by atoms with Gasteiger partial charge in [-0.25, -0.2) is 14.6 Å². The molecule has 7 nitrogen and oxygen atoms in total. The van der Waals surface area contributed by atoms with Gasteiger partial charge in [0, 0.05) is 59.3 Å². The van der Waals surface area contributed by atoms with Crippen molar-refractivity contribution in [1.82, 2.24) is 29.5 Å². The fraction of sp³-hybridized carbons (Fsp3) is 0.217. The summed E-state index contributed by atoms with van der Waals surface area (Å²) in [7, 11) is 0. The molecule has 4 heterocycles. The van der Waals surface area contributed by atoms with Crippen LogP contribution in [0, 0.1) is 0 Å². The van der Waals surface area contributed by atoms with Gasteiger partial charge < -0.3 is 4.90 Å². The minimum atomic E-state index is 0.0211. The number of hydrogen-bond acceptors (Lipinski definition) is 6. The minimum Gasteiger partial charge on any atom is -0.336 e. The van der Waals surface area contributed by atoms with E-state index in [0.29, 0.717) is 24.5 Å². The third kappa shape index (κ3) is 4.57. The monoisotopic (exact) mass is 464 g/mol. The number of amides is 1. The molecule has 3 aromatic heterocycles. The second-order valence-corrected chi connectivity index (χ2v) is 9.19. The van der Waals surface area contributed by atoms with E-state index in [1.54, 1.807) is 40.7 Å². The molecule has 4 aromatic rings. The molecular formula is C23H21ClN6OS. The highest BCUT2D eigenvalue weighted by molar-refractivity contribution is 7.15. The summed E-state index contributed by atoms with van der Waals surface area (Å²) in [6.07, 6.45) is 4.65. The van der Waals surface area contributed by atoms with Gasteiger partial charge in [-0.05, 0) is 42.0 Å². The van der Waals surface area contributed by atoms with E-state index in [2.05, 4.69) is 38.2 Å². The van der Waals surface area contributed by atoms with Gasteiger partial charge in [-0.3, -0.25) is 9.69 Å². The lowest BCUT2D eigenvalue weighted by molar-refractivity contribution is 0.0629. The number of nitrogens with zero attached hydrogens (tertiary/aromatic N) is 6. The van der Waals surface area contributed by atoms with Crippen molar-refractivity contribution in [3.05, 3.63) is 82.8 Å². The van der Waals surface area contributed by atoms with Crippen LogP contribution in [0.25, 0.3) is 16.3 Å². The van der Waals surface area contributed by atoms with Crippen LogP contribution in [-0.2, 0) is 6.54 Å². The molecule has 1 aliphatic rings. The predicted octanol–water partition coefficient (Wildman–Crippen LogP) is 4.00. The fourth-order valence-electron chi connectivity index (χ4n) is 3.78. The Kier molecular flexibility index (Phi) is 5.98. The number of aromatic nitrogens is 4. The highest BCUT2D eigenvalue weighted by Gasteiger charge is 2.23. The highest BCUT2D eigenvalue weighted by atomic mass is 35.5. The highest BCUT2D eigenvalue weighted by Crippen LogP contribution is 2.30. The molecule has 1 amide bonds. The number of halogens is 1. The van der Waals surface area contributed by atoms with Crippen LogP contribution in [-0.4, -0.2) is 61.6 Å². The van der Waals surface area contributed by atoms with Gasteiger partial charge in [0.1, 0.15) is 12.7 Å². The Morgan fingerprint density at radius 3 is 2.72 bits per heavy atom. The first-order valence-corrected chi connectivity index (χ1v) is 11.5. The average molecular weight is 465 g/mol. The molecule has 0 radical (unpaired) electrons. The number of piperazine rings is 1. The molecule has 1 aliphatic heterocycles. The summed E-state index contributed by atoms with van der Waals surface area (Å²) in [4.78, 5) is 28.0. The van der Waals surface area contributed by atoms with Crippen LogP contribution in [0.3, 0.4) is 0 Å². The molecule has 1 fully saturated rings. The van der Waals surface area contributed by atoms with E-state index >= 15 is 0 Å². The zero-order valence-electron chi connectivity index (χ0n) is 17.3. The molecule has 9 heteroatoms. The maximum absolute atomic E-state index is 13.0. The SMILES string of the molecule is O=C(c1ccnc(-n2cncn2)c1)N1CCN(Cc2ccc(-c3cccc(Cl)c3)s2)CC1. The molecule has 162 valence electrons. The lowest BCUT2D eigenvalue weighted by Gasteiger charge is -2.34. The van der Waals surface area contributed by atoms with E-state index in [1.165, 1.54) is 16.1 Å². The van der Waals surface area contributed by atoms with Crippen LogP contribution >= 0.6 is 22.9 Å². The Balaban J connectivity index is 1.19. The standard InChI is InChI=1S/C23H21ClN6OS/c24-19-3-1-2-17(12-19)21-5-4-20(32-21)14-28-8-10-29(11-9-28)23(31)18-6-7-26-22(13-18)30-16-25-15-27-30/h1-7,12-13,15-16H,8-11,14H2. The third-order valence-electron chi connectivity index (χ3n) is 5.46. The number of carbonyl (C=O) groups excluding carboxylic acids is 1. The van der Waals surface area contributed by atoms with E-state index in [9.17, 15) is 4.79 Å². The van der Waals surface area contributed by atoms with E-state index < -0.39 is 0 Å². The van der Waals surface area contributed by atoms with Crippen LogP contribution in [0.2, 0.25) is 5.02 Å². The van der Waals surface area contributed by atoms with E-state index in [-0.39, 0.29) is 5.91 Å². The van der Waals surface area contributed by atoms with Crippen molar-refractivity contribution < 1.29 is 4.79 Å². The molecule has 1 aromatic carbocycles. The number of carbonyl (C=O) groups is 1. The molecule has 5 rings (SSSR count). The lowest BCUT2D eigenvalue weighted by Crippen LogP contribution is -2.48. The Labute approximate surface area is 194 Å². The molecule has 0 spiro atoms. The molecule has 0 atom stereocenters. The van der Waals surface area contributed by atoms with Gasteiger partial charge in [0.2, 0.25) is 0 Å². The van der Waals surface area contributed by atoms with Crippen molar-refractivity contribution in [2.45, 2.75) is 6.54 Å². The zero-order chi connectivity index (χ0) is 21.9. The number of thiophene rings is 1. The van der Waals surface area contributed by atoms with Crippen molar-refractivity contribution in [2.75, 3.05) is 26.2 Å². The second kappa shape index (κ2) is 9.20. The van der Waals surface area contributed by atoms with Gasteiger partial charge in [0.15, 0.2) is 5.82 Å². The first-order valence-electron chi connectivity index (χ1n) is 10.3. The molecule has 1 saturated heterocycles. The molecule has 32 heavy (non-hydrogen) atoms. The largest absolute Gasteiger partial charge is 0.336 e. The van der Waals surface area contributed by atoms with E-state index in [4.69, 9.17) is 11.6 Å². The molecule has 0 bridgehead atoms. The van der Waals surface area contributed by atoms with Crippen LogP contribution in [0.1, 0.15) is 15.2 Å².